The molecule has 1 saturated heterocycles. The third kappa shape index (κ3) is 5.04. The van der Waals surface area contributed by atoms with E-state index in [1.807, 2.05) is 36.4 Å². The van der Waals surface area contributed by atoms with Crippen molar-refractivity contribution >= 4 is 16.6 Å². The van der Waals surface area contributed by atoms with Crippen molar-refractivity contribution < 1.29 is 24.0 Å². The minimum absolute atomic E-state index is 0.0511. The van der Waals surface area contributed by atoms with Gasteiger partial charge >= 0.3 is 0 Å². The van der Waals surface area contributed by atoms with Crippen molar-refractivity contribution in [2.45, 2.75) is 39.0 Å². The van der Waals surface area contributed by atoms with E-state index in [1.54, 1.807) is 19.4 Å². The molecule has 0 spiro atoms. The number of fused-ring (bicyclic) bond motifs is 1. The number of hydrogen-bond donors (Lipinski definition) is 1. The van der Waals surface area contributed by atoms with Gasteiger partial charge in [0.25, 0.3) is 5.69 Å². The van der Waals surface area contributed by atoms with E-state index in [-0.39, 0.29) is 17.6 Å². The van der Waals surface area contributed by atoms with E-state index in [0.717, 1.165) is 36.0 Å². The molecule has 0 radical (unpaired) electrons. The van der Waals surface area contributed by atoms with Crippen LogP contribution in [-0.4, -0.2) is 52.8 Å². The molecule has 0 saturated carbocycles. The number of aromatic nitrogens is 1. The molecule has 8 heteroatoms. The van der Waals surface area contributed by atoms with E-state index < -0.39 is 11.0 Å². The van der Waals surface area contributed by atoms with Crippen LogP contribution in [0.3, 0.4) is 0 Å². The number of nitro benzene ring substituents is 1. The van der Waals surface area contributed by atoms with Gasteiger partial charge in [0, 0.05) is 23.6 Å². The SMILES string of the molecule is C=CC1C[N+](Cc2cc([N+](=O)[O-])cc(OC)c2OC)(C(C)C(O)c2ccnc3ccccc23)CCC1C. The van der Waals surface area contributed by atoms with Crippen LogP contribution in [0.5, 0.6) is 11.5 Å². The van der Waals surface area contributed by atoms with Gasteiger partial charge in [-0.1, -0.05) is 31.2 Å². The van der Waals surface area contributed by atoms with Crippen LogP contribution < -0.4 is 9.47 Å². The summed E-state index contributed by atoms with van der Waals surface area (Å²) in [6.07, 6.45) is 3.90. The maximum atomic E-state index is 11.8. The average Bonchev–Trinajstić information content (AvgIpc) is 2.92. The Morgan fingerprint density at radius 2 is 2.03 bits per heavy atom. The smallest absolute Gasteiger partial charge is 0.273 e. The third-order valence-corrected chi connectivity index (χ3v) is 8.20. The number of non-ortho nitro benzene ring substituents is 1. The number of hydrogen-bond acceptors (Lipinski definition) is 6. The number of para-hydroxylation sites is 1. The summed E-state index contributed by atoms with van der Waals surface area (Å²) < 4.78 is 11.7. The molecule has 2 aromatic carbocycles. The second-order valence-electron chi connectivity index (χ2n) is 10.1. The Labute approximate surface area is 217 Å². The van der Waals surface area contributed by atoms with Gasteiger partial charge in [-0.05, 0) is 37.0 Å². The summed E-state index contributed by atoms with van der Waals surface area (Å²) in [4.78, 5) is 15.8. The van der Waals surface area contributed by atoms with Gasteiger partial charge < -0.3 is 19.1 Å². The lowest BCUT2D eigenvalue weighted by atomic mass is 9.83. The highest BCUT2D eigenvalue weighted by Crippen LogP contribution is 2.42. The molecule has 37 heavy (non-hydrogen) atoms. The summed E-state index contributed by atoms with van der Waals surface area (Å²) in [5.74, 6) is 1.50. The highest BCUT2D eigenvalue weighted by Gasteiger charge is 2.45. The number of benzene rings is 2. The third-order valence-electron chi connectivity index (χ3n) is 8.20. The van der Waals surface area contributed by atoms with Gasteiger partial charge in [0.05, 0.1) is 49.4 Å². The maximum Gasteiger partial charge on any atom is 0.273 e. The van der Waals surface area contributed by atoms with Gasteiger partial charge in [-0.3, -0.25) is 15.1 Å². The first-order chi connectivity index (χ1) is 17.7. The molecule has 5 unspecified atom stereocenters. The minimum Gasteiger partial charge on any atom is -0.493 e. The zero-order valence-electron chi connectivity index (χ0n) is 22.0. The summed E-state index contributed by atoms with van der Waals surface area (Å²) in [6, 6.07) is 12.4. The van der Waals surface area contributed by atoms with Crippen LogP contribution in [-0.2, 0) is 6.54 Å². The van der Waals surface area contributed by atoms with Crippen molar-refractivity contribution in [2.75, 3.05) is 27.3 Å². The van der Waals surface area contributed by atoms with E-state index in [2.05, 4.69) is 25.4 Å². The molecule has 5 atom stereocenters. The van der Waals surface area contributed by atoms with Crippen LogP contribution in [0, 0.1) is 22.0 Å². The highest BCUT2D eigenvalue weighted by atomic mass is 16.6. The first-order valence-electron chi connectivity index (χ1n) is 12.6. The van der Waals surface area contributed by atoms with Crippen LogP contribution in [0.4, 0.5) is 5.69 Å². The lowest BCUT2D eigenvalue weighted by molar-refractivity contribution is -0.973. The number of ether oxygens (including phenoxy) is 2. The Balaban J connectivity index is 1.83. The van der Waals surface area contributed by atoms with Crippen molar-refractivity contribution in [3.63, 3.8) is 0 Å². The molecular formula is C29H36N3O5+. The summed E-state index contributed by atoms with van der Waals surface area (Å²) >= 11 is 0. The van der Waals surface area contributed by atoms with Crippen LogP contribution in [0.2, 0.25) is 0 Å². The second-order valence-corrected chi connectivity index (χ2v) is 10.1. The summed E-state index contributed by atoms with van der Waals surface area (Å²) in [5, 5.41) is 24.5. The molecule has 8 nitrogen and oxygen atoms in total. The standard InChI is InChI=1S/C29H36N3O5/c1-6-21-17-32(14-12-19(21)2,18-22-15-23(31(34)35)16-27(36-4)29(22)37-5)20(3)28(33)25-11-13-30-26-10-8-7-9-24(25)26/h6-11,13,15-16,19-21,28,33H,1,12,14,17-18H2,2-5H3/q+1. The number of nitrogens with zero attached hydrogens (tertiary/aromatic N) is 3. The van der Waals surface area contributed by atoms with Crippen molar-refractivity contribution in [1.82, 2.24) is 4.98 Å². The van der Waals surface area contributed by atoms with E-state index in [9.17, 15) is 15.2 Å². The van der Waals surface area contributed by atoms with E-state index in [1.165, 1.54) is 13.2 Å². The molecule has 1 N–H and O–H groups in total. The monoisotopic (exact) mass is 506 g/mol. The second kappa shape index (κ2) is 10.9. The number of pyridine rings is 1. The molecule has 0 aliphatic carbocycles. The first kappa shape index (κ1) is 26.6. The lowest BCUT2D eigenvalue weighted by Gasteiger charge is -2.51. The van der Waals surface area contributed by atoms with Gasteiger partial charge in [0.2, 0.25) is 0 Å². The lowest BCUT2D eigenvalue weighted by Crippen LogP contribution is -2.61. The van der Waals surface area contributed by atoms with Gasteiger partial charge in [-0.15, -0.1) is 6.58 Å². The van der Waals surface area contributed by atoms with Crippen LogP contribution >= 0.6 is 0 Å². The number of rotatable bonds is 9. The fourth-order valence-electron chi connectivity index (χ4n) is 5.85. The van der Waals surface area contributed by atoms with Gasteiger partial charge in [0.1, 0.15) is 18.7 Å². The molecule has 2 heterocycles. The topological polar surface area (TPSA) is 94.7 Å². The number of aliphatic hydroxyl groups excluding tert-OH is 1. The summed E-state index contributed by atoms with van der Waals surface area (Å²) in [5.41, 5.74) is 2.29. The number of methoxy groups -OCH3 is 2. The predicted molar refractivity (Wildman–Crippen MR) is 144 cm³/mol. The van der Waals surface area contributed by atoms with E-state index in [0.29, 0.717) is 34.0 Å². The van der Waals surface area contributed by atoms with Gasteiger partial charge in [0.15, 0.2) is 11.5 Å². The average molecular weight is 507 g/mol. The minimum atomic E-state index is -0.779. The highest BCUT2D eigenvalue weighted by molar-refractivity contribution is 5.82. The molecule has 0 bridgehead atoms. The van der Waals surface area contributed by atoms with Gasteiger partial charge in [-0.25, -0.2) is 0 Å². The van der Waals surface area contributed by atoms with Crippen molar-refractivity contribution in [2.24, 2.45) is 11.8 Å². The Kier molecular flexibility index (Phi) is 7.80. The fraction of sp³-hybridized carbons (Fsp3) is 0.414. The molecule has 4 rings (SSSR count). The number of quaternary nitrogens is 1. The molecular weight excluding hydrogens is 470 g/mol. The largest absolute Gasteiger partial charge is 0.493 e. The van der Waals surface area contributed by atoms with Crippen molar-refractivity contribution in [3.8, 4) is 11.5 Å². The Bertz CT molecular complexity index is 1290. The Hall–Kier alpha value is -3.49. The number of likely N-dealkylation sites (tertiary alicyclic amines) is 1. The van der Waals surface area contributed by atoms with Crippen LogP contribution in [0.25, 0.3) is 10.9 Å². The quantitative estimate of drug-likeness (QED) is 0.180. The molecule has 1 aliphatic rings. The number of aliphatic hydroxyl groups is 1. The van der Waals surface area contributed by atoms with E-state index >= 15 is 0 Å². The molecule has 3 aromatic rings. The zero-order valence-corrected chi connectivity index (χ0v) is 22.0. The normalized spacial score (nSPS) is 23.3. The molecule has 1 aliphatic heterocycles. The van der Waals surface area contributed by atoms with Crippen LogP contribution in [0.15, 0.2) is 61.3 Å². The molecule has 1 aromatic heterocycles. The molecule has 1 fully saturated rings. The molecule has 196 valence electrons. The maximum absolute atomic E-state index is 11.8. The summed E-state index contributed by atoms with van der Waals surface area (Å²) in [6.45, 7) is 10.4. The fourth-order valence-corrected chi connectivity index (χ4v) is 5.85. The van der Waals surface area contributed by atoms with Gasteiger partial charge in [-0.2, -0.15) is 0 Å². The summed E-state index contributed by atoms with van der Waals surface area (Å²) in [7, 11) is 3.02. The Morgan fingerprint density at radius 1 is 1.27 bits per heavy atom. The number of piperidine rings is 1. The molecule has 0 amide bonds. The Morgan fingerprint density at radius 3 is 2.70 bits per heavy atom. The number of nitro groups is 1. The first-order valence-corrected chi connectivity index (χ1v) is 12.6. The zero-order chi connectivity index (χ0) is 26.7. The van der Waals surface area contributed by atoms with E-state index in [4.69, 9.17) is 9.47 Å². The van der Waals surface area contributed by atoms with Crippen LogP contribution in [0.1, 0.15) is 37.5 Å². The van der Waals surface area contributed by atoms with Crippen molar-refractivity contribution in [1.29, 1.82) is 0 Å². The predicted octanol–water partition coefficient (Wildman–Crippen LogP) is 5.44. The van der Waals surface area contributed by atoms with Crippen molar-refractivity contribution in [3.05, 3.63) is 82.6 Å².